The molecule has 0 spiro atoms. The van der Waals surface area contributed by atoms with Gasteiger partial charge >= 0.3 is 6.18 Å². The van der Waals surface area contributed by atoms with Crippen LogP contribution in [0.25, 0.3) is 0 Å². The Morgan fingerprint density at radius 3 is 2.29 bits per heavy atom. The molecule has 0 aromatic carbocycles. The Morgan fingerprint density at radius 2 is 1.94 bits per heavy atom. The van der Waals surface area contributed by atoms with Crippen LogP contribution in [-0.2, 0) is 6.18 Å². The van der Waals surface area contributed by atoms with Crippen molar-refractivity contribution in [3.8, 4) is 5.75 Å². The molecule has 0 aliphatic heterocycles. The lowest BCUT2D eigenvalue weighted by molar-refractivity contribution is -0.386. The number of alkyl halides is 5. The smallest absolute Gasteiger partial charge is 0.437 e. The topological polar surface area (TPSA) is 76.3 Å². The quantitative estimate of drug-likeness (QED) is 0.502. The molecule has 0 radical (unpaired) electrons. The van der Waals surface area contributed by atoms with Gasteiger partial charge in [-0.3, -0.25) is 10.1 Å². The Balaban J connectivity index is 3.55. The van der Waals surface area contributed by atoms with Crippen molar-refractivity contribution in [2.45, 2.75) is 12.6 Å². The molecular weight excluding hydrogens is 255 g/mol. The van der Waals surface area contributed by atoms with Crippen LogP contribution in [0.15, 0.2) is 6.20 Å². The van der Waals surface area contributed by atoms with Gasteiger partial charge in [0.25, 0.3) is 12.1 Å². The van der Waals surface area contributed by atoms with Gasteiger partial charge in [0.05, 0.1) is 4.92 Å². The van der Waals surface area contributed by atoms with Gasteiger partial charge in [-0.1, -0.05) is 0 Å². The van der Waals surface area contributed by atoms with Gasteiger partial charge in [0.1, 0.15) is 11.8 Å². The molecule has 0 saturated carbocycles. The van der Waals surface area contributed by atoms with E-state index in [0.717, 1.165) is 0 Å². The van der Waals surface area contributed by atoms with E-state index in [2.05, 4.69) is 4.98 Å². The van der Waals surface area contributed by atoms with E-state index < -0.39 is 40.2 Å². The van der Waals surface area contributed by atoms with Gasteiger partial charge in [0, 0.05) is 0 Å². The summed E-state index contributed by atoms with van der Waals surface area (Å²) in [6, 6.07) is 0. The SMILES string of the molecule is O=[N+]([O-])c1cnc(C(F)(F)F)c(O)c1C(F)F. The number of pyridine rings is 1. The van der Waals surface area contributed by atoms with Crippen LogP contribution in [0.5, 0.6) is 5.75 Å². The number of rotatable bonds is 2. The average molecular weight is 258 g/mol. The lowest BCUT2D eigenvalue weighted by Gasteiger charge is -2.10. The molecule has 1 aromatic rings. The van der Waals surface area contributed by atoms with Gasteiger partial charge < -0.3 is 5.11 Å². The van der Waals surface area contributed by atoms with E-state index >= 15 is 0 Å². The second kappa shape index (κ2) is 4.11. The Morgan fingerprint density at radius 1 is 1.41 bits per heavy atom. The molecule has 0 unspecified atom stereocenters. The van der Waals surface area contributed by atoms with Crippen LogP contribution < -0.4 is 0 Å². The minimum absolute atomic E-state index is 0.0318. The normalized spacial score (nSPS) is 11.9. The van der Waals surface area contributed by atoms with E-state index in [9.17, 15) is 32.1 Å². The van der Waals surface area contributed by atoms with E-state index in [-0.39, 0.29) is 6.20 Å². The minimum Gasteiger partial charge on any atom is -0.505 e. The second-order valence-corrected chi connectivity index (χ2v) is 2.81. The molecule has 0 aliphatic rings. The van der Waals surface area contributed by atoms with Crippen molar-refractivity contribution in [3.63, 3.8) is 0 Å². The maximum atomic E-state index is 12.4. The first kappa shape index (κ1) is 13.1. The van der Waals surface area contributed by atoms with Gasteiger partial charge in [0.2, 0.25) is 0 Å². The van der Waals surface area contributed by atoms with E-state index in [4.69, 9.17) is 5.11 Å². The number of aromatic hydroxyl groups is 1. The Bertz CT molecular complexity index is 460. The third-order valence-corrected chi connectivity index (χ3v) is 1.75. The number of nitro groups is 1. The van der Waals surface area contributed by atoms with Crippen LogP contribution in [0.2, 0.25) is 0 Å². The Labute approximate surface area is 89.7 Å². The maximum absolute atomic E-state index is 12.4. The fraction of sp³-hybridized carbons (Fsp3) is 0.286. The molecule has 17 heavy (non-hydrogen) atoms. The third kappa shape index (κ3) is 2.40. The summed E-state index contributed by atoms with van der Waals surface area (Å²) in [5, 5.41) is 19.2. The van der Waals surface area contributed by atoms with Gasteiger partial charge in [-0.2, -0.15) is 13.2 Å². The first-order valence-corrected chi connectivity index (χ1v) is 3.87. The molecule has 1 N–H and O–H groups in total. The van der Waals surface area contributed by atoms with E-state index in [1.807, 2.05) is 0 Å². The Hall–Kier alpha value is -2.00. The lowest BCUT2D eigenvalue weighted by atomic mass is 10.1. The molecule has 0 bridgehead atoms. The second-order valence-electron chi connectivity index (χ2n) is 2.81. The summed E-state index contributed by atoms with van der Waals surface area (Å²) >= 11 is 0. The molecule has 0 aliphatic carbocycles. The molecule has 0 fully saturated rings. The number of aromatic nitrogens is 1. The van der Waals surface area contributed by atoms with Crippen LogP contribution in [0.3, 0.4) is 0 Å². The summed E-state index contributed by atoms with van der Waals surface area (Å²) in [4.78, 5) is 11.5. The van der Waals surface area contributed by atoms with Crippen molar-refractivity contribution < 1.29 is 32.0 Å². The zero-order valence-electron chi connectivity index (χ0n) is 7.70. The van der Waals surface area contributed by atoms with E-state index in [1.54, 1.807) is 0 Å². The zero-order valence-corrected chi connectivity index (χ0v) is 7.70. The summed E-state index contributed by atoms with van der Waals surface area (Å²) < 4.78 is 61.3. The molecular formula is C7H3F5N2O3. The van der Waals surface area contributed by atoms with Crippen molar-refractivity contribution >= 4 is 5.69 Å². The predicted octanol–water partition coefficient (Wildman–Crippen LogP) is 2.65. The fourth-order valence-corrected chi connectivity index (χ4v) is 1.07. The van der Waals surface area contributed by atoms with Crippen molar-refractivity contribution in [2.24, 2.45) is 0 Å². The van der Waals surface area contributed by atoms with Crippen LogP contribution in [0, 0.1) is 10.1 Å². The summed E-state index contributed by atoms with van der Waals surface area (Å²) in [7, 11) is 0. The van der Waals surface area contributed by atoms with Crippen molar-refractivity contribution in [2.75, 3.05) is 0 Å². The van der Waals surface area contributed by atoms with Gasteiger partial charge in [-0.25, -0.2) is 13.8 Å². The highest BCUT2D eigenvalue weighted by Gasteiger charge is 2.40. The minimum atomic E-state index is -5.18. The number of hydrogen-bond donors (Lipinski definition) is 1. The number of hydrogen-bond acceptors (Lipinski definition) is 4. The molecule has 0 amide bonds. The monoisotopic (exact) mass is 258 g/mol. The molecule has 1 aromatic heterocycles. The summed E-state index contributed by atoms with van der Waals surface area (Å²) in [6.07, 6.45) is -8.77. The fourth-order valence-electron chi connectivity index (χ4n) is 1.07. The maximum Gasteiger partial charge on any atom is 0.437 e. The van der Waals surface area contributed by atoms with Crippen molar-refractivity contribution in [1.82, 2.24) is 4.98 Å². The van der Waals surface area contributed by atoms with Crippen LogP contribution in [0.1, 0.15) is 17.7 Å². The zero-order chi connectivity index (χ0) is 13.4. The highest BCUT2D eigenvalue weighted by molar-refractivity contribution is 5.50. The summed E-state index contributed by atoms with van der Waals surface area (Å²) in [5.41, 5.74) is -5.05. The van der Waals surface area contributed by atoms with Crippen molar-refractivity contribution in [1.29, 1.82) is 0 Å². The van der Waals surface area contributed by atoms with E-state index in [1.165, 1.54) is 0 Å². The van der Waals surface area contributed by atoms with Crippen LogP contribution in [0.4, 0.5) is 27.6 Å². The predicted molar refractivity (Wildman–Crippen MR) is 42.5 cm³/mol. The molecule has 5 nitrogen and oxygen atoms in total. The third-order valence-electron chi connectivity index (χ3n) is 1.75. The molecule has 0 saturated heterocycles. The molecule has 0 atom stereocenters. The van der Waals surface area contributed by atoms with Crippen molar-refractivity contribution in [3.05, 3.63) is 27.6 Å². The van der Waals surface area contributed by atoms with Gasteiger partial charge in [0.15, 0.2) is 11.4 Å². The Kier molecular flexibility index (Phi) is 3.16. The average Bonchev–Trinajstić information content (AvgIpc) is 2.13. The van der Waals surface area contributed by atoms with E-state index in [0.29, 0.717) is 0 Å². The van der Waals surface area contributed by atoms with Crippen LogP contribution >= 0.6 is 0 Å². The number of halogens is 5. The molecule has 1 heterocycles. The lowest BCUT2D eigenvalue weighted by Crippen LogP contribution is -2.11. The summed E-state index contributed by atoms with van der Waals surface area (Å²) in [6.45, 7) is 0. The first-order valence-electron chi connectivity index (χ1n) is 3.87. The molecule has 1 rings (SSSR count). The van der Waals surface area contributed by atoms with Gasteiger partial charge in [-0.15, -0.1) is 0 Å². The molecule has 10 heteroatoms. The standard InChI is InChI=1S/C7H3F5N2O3/c8-6(9)3-2(14(16)17)1-13-5(4(3)15)7(10,11)12/h1,6,15H. The first-order chi connectivity index (χ1) is 7.66. The highest BCUT2D eigenvalue weighted by Crippen LogP contribution is 2.42. The summed E-state index contributed by atoms with van der Waals surface area (Å²) in [5.74, 6) is -1.93. The van der Waals surface area contributed by atoms with Crippen LogP contribution in [-0.4, -0.2) is 15.0 Å². The largest absolute Gasteiger partial charge is 0.505 e. The molecule has 94 valence electrons. The highest BCUT2D eigenvalue weighted by atomic mass is 19.4. The number of nitrogens with zero attached hydrogens (tertiary/aromatic N) is 2. The van der Waals surface area contributed by atoms with Gasteiger partial charge in [-0.05, 0) is 0 Å².